The third-order valence-corrected chi connectivity index (χ3v) is 3.80. The quantitative estimate of drug-likeness (QED) is 0.716. The van der Waals surface area contributed by atoms with E-state index >= 15 is 0 Å². The Kier molecular flexibility index (Phi) is 3.51. The molecule has 0 amide bonds. The molecule has 3 aromatic rings. The minimum atomic E-state index is 0.0394. The van der Waals surface area contributed by atoms with Crippen LogP contribution < -0.4 is 4.74 Å². The summed E-state index contributed by atoms with van der Waals surface area (Å²) < 4.78 is 6.37. The maximum absolute atomic E-state index is 10.1. The topological polar surface area (TPSA) is 53.2 Å². The summed E-state index contributed by atoms with van der Waals surface area (Å²) in [6, 6.07) is 18.4. The number of phenols is 1. The van der Waals surface area contributed by atoms with E-state index in [0.29, 0.717) is 21.5 Å². The average molecular weight is 340 g/mol. The Balaban J connectivity index is 2.08. The molecule has 0 unspecified atom stereocenters. The van der Waals surface area contributed by atoms with Crippen LogP contribution in [0.2, 0.25) is 0 Å². The number of phenolic OH excluding ortho intramolecular Hbond substituents is 1. The van der Waals surface area contributed by atoms with Crippen molar-refractivity contribution in [3.8, 4) is 23.3 Å². The van der Waals surface area contributed by atoms with Gasteiger partial charge in [-0.2, -0.15) is 5.26 Å². The minimum Gasteiger partial charge on any atom is -0.504 e. The lowest BCUT2D eigenvalue weighted by Gasteiger charge is -2.11. The fourth-order valence-electron chi connectivity index (χ4n) is 2.11. The molecule has 0 radical (unpaired) electrons. The highest BCUT2D eigenvalue weighted by molar-refractivity contribution is 9.10. The van der Waals surface area contributed by atoms with Crippen LogP contribution in [0.4, 0.5) is 0 Å². The molecule has 0 aliphatic rings. The van der Waals surface area contributed by atoms with E-state index in [4.69, 9.17) is 4.74 Å². The van der Waals surface area contributed by atoms with Gasteiger partial charge in [-0.1, -0.05) is 30.3 Å². The van der Waals surface area contributed by atoms with Gasteiger partial charge in [-0.15, -0.1) is 0 Å². The van der Waals surface area contributed by atoms with Crippen LogP contribution in [0.15, 0.2) is 59.1 Å². The molecular weight excluding hydrogens is 330 g/mol. The number of benzene rings is 3. The van der Waals surface area contributed by atoms with Crippen molar-refractivity contribution in [2.45, 2.75) is 0 Å². The molecule has 0 saturated carbocycles. The lowest BCUT2D eigenvalue weighted by molar-refractivity contribution is 0.411. The highest BCUT2D eigenvalue weighted by Gasteiger charge is 2.11. The molecule has 102 valence electrons. The molecule has 21 heavy (non-hydrogen) atoms. The van der Waals surface area contributed by atoms with E-state index in [1.54, 1.807) is 30.3 Å². The zero-order chi connectivity index (χ0) is 14.8. The molecule has 0 aliphatic carbocycles. The molecule has 0 spiro atoms. The normalized spacial score (nSPS) is 10.3. The molecule has 3 rings (SSSR count). The first-order valence-corrected chi connectivity index (χ1v) is 7.06. The van der Waals surface area contributed by atoms with E-state index in [1.165, 1.54) is 0 Å². The van der Waals surface area contributed by atoms with Gasteiger partial charge in [-0.25, -0.2) is 0 Å². The monoisotopic (exact) mass is 339 g/mol. The summed E-state index contributed by atoms with van der Waals surface area (Å²) in [6.45, 7) is 0. The van der Waals surface area contributed by atoms with Gasteiger partial charge >= 0.3 is 0 Å². The summed E-state index contributed by atoms with van der Waals surface area (Å²) in [5.74, 6) is 0.762. The van der Waals surface area contributed by atoms with E-state index in [0.717, 1.165) is 10.8 Å². The zero-order valence-electron chi connectivity index (χ0n) is 10.9. The Morgan fingerprint density at radius 1 is 0.952 bits per heavy atom. The van der Waals surface area contributed by atoms with Crippen molar-refractivity contribution in [2.75, 3.05) is 0 Å². The highest BCUT2D eigenvalue weighted by Crippen LogP contribution is 2.37. The van der Waals surface area contributed by atoms with Gasteiger partial charge in [-0.3, -0.25) is 0 Å². The SMILES string of the molecule is N#Cc1c(Br)cccc1Oc1cc2ccccc2cc1O. The van der Waals surface area contributed by atoms with Crippen molar-refractivity contribution >= 4 is 26.7 Å². The molecular formula is C17H10BrNO2. The van der Waals surface area contributed by atoms with Crippen LogP contribution in [0.3, 0.4) is 0 Å². The Hall–Kier alpha value is -2.51. The molecule has 0 fully saturated rings. The molecule has 3 nitrogen and oxygen atoms in total. The number of ether oxygens (including phenoxy) is 1. The predicted octanol–water partition coefficient (Wildman–Crippen LogP) is 4.97. The summed E-state index contributed by atoms with van der Waals surface area (Å²) in [5.41, 5.74) is 0.394. The lowest BCUT2D eigenvalue weighted by atomic mass is 10.1. The summed E-state index contributed by atoms with van der Waals surface area (Å²) in [5, 5.41) is 21.2. The van der Waals surface area contributed by atoms with Gasteiger partial charge < -0.3 is 9.84 Å². The van der Waals surface area contributed by atoms with Crippen LogP contribution >= 0.6 is 15.9 Å². The van der Waals surface area contributed by atoms with Crippen LogP contribution in [-0.4, -0.2) is 5.11 Å². The first-order chi connectivity index (χ1) is 10.2. The smallest absolute Gasteiger partial charge is 0.169 e. The molecule has 3 aromatic carbocycles. The highest BCUT2D eigenvalue weighted by atomic mass is 79.9. The zero-order valence-corrected chi connectivity index (χ0v) is 12.5. The molecule has 4 heteroatoms. The third kappa shape index (κ3) is 2.56. The Labute approximate surface area is 130 Å². The molecule has 0 aromatic heterocycles. The Morgan fingerprint density at radius 2 is 1.67 bits per heavy atom. The van der Waals surface area contributed by atoms with Crippen LogP contribution in [0.25, 0.3) is 10.8 Å². The van der Waals surface area contributed by atoms with Gasteiger partial charge in [0.1, 0.15) is 17.4 Å². The predicted molar refractivity (Wildman–Crippen MR) is 84.5 cm³/mol. The van der Waals surface area contributed by atoms with E-state index in [2.05, 4.69) is 22.0 Å². The second kappa shape index (κ2) is 5.47. The average Bonchev–Trinajstić information content (AvgIpc) is 2.48. The second-order valence-corrected chi connectivity index (χ2v) is 5.35. The summed E-state index contributed by atoms with van der Waals surface area (Å²) in [7, 11) is 0. The van der Waals surface area contributed by atoms with Gasteiger partial charge in [0.15, 0.2) is 11.5 Å². The third-order valence-electron chi connectivity index (χ3n) is 3.13. The fraction of sp³-hybridized carbons (Fsp3) is 0. The number of halogens is 1. The Morgan fingerprint density at radius 3 is 2.38 bits per heavy atom. The molecule has 0 saturated heterocycles. The molecule has 1 N–H and O–H groups in total. The molecule has 0 bridgehead atoms. The van der Waals surface area contributed by atoms with Crippen molar-refractivity contribution in [3.05, 3.63) is 64.6 Å². The number of fused-ring (bicyclic) bond motifs is 1. The van der Waals surface area contributed by atoms with E-state index in [-0.39, 0.29) is 5.75 Å². The lowest BCUT2D eigenvalue weighted by Crippen LogP contribution is -1.90. The van der Waals surface area contributed by atoms with Crippen LogP contribution in [0.1, 0.15) is 5.56 Å². The second-order valence-electron chi connectivity index (χ2n) is 4.49. The molecule has 0 heterocycles. The summed E-state index contributed by atoms with van der Waals surface area (Å²) >= 11 is 3.31. The standard InChI is InChI=1S/C17H10BrNO2/c18-14-6-3-7-16(13(14)10-19)21-17-9-12-5-2-1-4-11(12)8-15(17)20/h1-9,20H. The summed E-state index contributed by atoms with van der Waals surface area (Å²) in [4.78, 5) is 0. The number of hydrogen-bond donors (Lipinski definition) is 1. The van der Waals surface area contributed by atoms with Crippen molar-refractivity contribution in [3.63, 3.8) is 0 Å². The minimum absolute atomic E-state index is 0.0394. The molecule has 0 atom stereocenters. The maximum Gasteiger partial charge on any atom is 0.169 e. The number of hydrogen-bond acceptors (Lipinski definition) is 3. The van der Waals surface area contributed by atoms with Crippen molar-refractivity contribution < 1.29 is 9.84 Å². The number of rotatable bonds is 2. The Bertz CT molecular complexity index is 868. The number of aromatic hydroxyl groups is 1. The van der Waals surface area contributed by atoms with Crippen LogP contribution in [-0.2, 0) is 0 Å². The van der Waals surface area contributed by atoms with Gasteiger partial charge in [0.25, 0.3) is 0 Å². The number of nitriles is 1. The fourth-order valence-corrected chi connectivity index (χ4v) is 2.54. The van der Waals surface area contributed by atoms with Crippen molar-refractivity contribution in [1.82, 2.24) is 0 Å². The van der Waals surface area contributed by atoms with Gasteiger partial charge in [0.05, 0.1) is 0 Å². The largest absolute Gasteiger partial charge is 0.504 e. The first-order valence-electron chi connectivity index (χ1n) is 6.27. The summed E-state index contributed by atoms with van der Waals surface area (Å²) in [6.07, 6.45) is 0. The van der Waals surface area contributed by atoms with Gasteiger partial charge in [-0.05, 0) is 51.0 Å². The first kappa shape index (κ1) is 13.5. The van der Waals surface area contributed by atoms with Crippen molar-refractivity contribution in [2.24, 2.45) is 0 Å². The van der Waals surface area contributed by atoms with E-state index < -0.39 is 0 Å². The van der Waals surface area contributed by atoms with E-state index in [1.807, 2.05) is 24.3 Å². The number of nitrogens with zero attached hydrogens (tertiary/aromatic N) is 1. The maximum atomic E-state index is 10.1. The van der Waals surface area contributed by atoms with Gasteiger partial charge in [0, 0.05) is 4.47 Å². The van der Waals surface area contributed by atoms with Crippen LogP contribution in [0.5, 0.6) is 17.2 Å². The van der Waals surface area contributed by atoms with Gasteiger partial charge in [0.2, 0.25) is 0 Å². The van der Waals surface area contributed by atoms with E-state index in [9.17, 15) is 10.4 Å². The molecule has 0 aliphatic heterocycles. The van der Waals surface area contributed by atoms with Crippen LogP contribution in [0, 0.1) is 11.3 Å². The van der Waals surface area contributed by atoms with Crippen molar-refractivity contribution in [1.29, 1.82) is 5.26 Å².